The van der Waals surface area contributed by atoms with Gasteiger partial charge in [0.25, 0.3) is 0 Å². The number of carbonyl (C=O) groups is 2. The van der Waals surface area contributed by atoms with Crippen LogP contribution < -0.4 is 5.32 Å². The summed E-state index contributed by atoms with van der Waals surface area (Å²) in [6, 6.07) is -1.06. The van der Waals surface area contributed by atoms with Crippen LogP contribution in [0.5, 0.6) is 0 Å². The molecule has 2 fully saturated rings. The van der Waals surface area contributed by atoms with Crippen molar-refractivity contribution in [2.75, 3.05) is 13.7 Å². The van der Waals surface area contributed by atoms with Gasteiger partial charge in [-0.2, -0.15) is 0 Å². The maximum atomic E-state index is 12.4. The van der Waals surface area contributed by atoms with Crippen molar-refractivity contribution in [1.82, 2.24) is 10.2 Å². The fourth-order valence-corrected chi connectivity index (χ4v) is 3.21. The standard InChI is InChI=1S/C14H24N2O4/c1-14(6-4-3-5-7-14)15-13(19)16-9-10(20-2)8-11(16)12(17)18/h10-11H,3-9H2,1-2H3,(H,15,19)(H,17,18). The zero-order chi connectivity index (χ0) is 14.8. The summed E-state index contributed by atoms with van der Waals surface area (Å²) in [6.07, 6.45) is 5.51. The van der Waals surface area contributed by atoms with Gasteiger partial charge in [0.1, 0.15) is 6.04 Å². The van der Waals surface area contributed by atoms with Gasteiger partial charge in [0.15, 0.2) is 0 Å². The summed E-state index contributed by atoms with van der Waals surface area (Å²) in [5.41, 5.74) is -0.205. The van der Waals surface area contributed by atoms with Gasteiger partial charge in [0.05, 0.1) is 6.10 Å². The highest BCUT2D eigenvalue weighted by atomic mass is 16.5. The molecule has 1 aliphatic carbocycles. The first-order valence-electron chi connectivity index (χ1n) is 7.29. The number of amides is 2. The SMILES string of the molecule is COC1CC(C(=O)O)N(C(=O)NC2(C)CCCCC2)C1. The molecule has 0 aromatic carbocycles. The van der Waals surface area contributed by atoms with Crippen LogP contribution in [-0.2, 0) is 9.53 Å². The normalized spacial score (nSPS) is 29.2. The first kappa shape index (κ1) is 15.1. The second kappa shape index (κ2) is 5.99. The molecule has 0 aromatic heterocycles. The zero-order valence-electron chi connectivity index (χ0n) is 12.2. The van der Waals surface area contributed by atoms with Crippen LogP contribution >= 0.6 is 0 Å². The summed E-state index contributed by atoms with van der Waals surface area (Å²) in [5, 5.41) is 12.3. The minimum absolute atomic E-state index is 0.194. The molecule has 1 heterocycles. The maximum Gasteiger partial charge on any atom is 0.326 e. The molecule has 2 atom stereocenters. The lowest BCUT2D eigenvalue weighted by Crippen LogP contribution is -2.54. The highest BCUT2D eigenvalue weighted by Gasteiger charge is 2.41. The van der Waals surface area contributed by atoms with Gasteiger partial charge in [0.2, 0.25) is 0 Å². The molecule has 1 aliphatic heterocycles. The summed E-state index contributed by atoms with van der Waals surface area (Å²) in [7, 11) is 1.55. The predicted molar refractivity (Wildman–Crippen MR) is 73.6 cm³/mol. The van der Waals surface area contributed by atoms with E-state index < -0.39 is 12.0 Å². The second-order valence-corrected chi connectivity index (χ2v) is 6.15. The van der Waals surface area contributed by atoms with E-state index in [1.807, 2.05) is 6.92 Å². The van der Waals surface area contributed by atoms with Crippen LogP contribution in [-0.4, -0.2) is 53.3 Å². The molecule has 2 amide bonds. The number of carbonyl (C=O) groups excluding carboxylic acids is 1. The number of aliphatic carboxylic acids is 1. The van der Waals surface area contributed by atoms with E-state index in [2.05, 4.69) is 5.32 Å². The van der Waals surface area contributed by atoms with Crippen molar-refractivity contribution in [1.29, 1.82) is 0 Å². The highest BCUT2D eigenvalue weighted by molar-refractivity contribution is 5.83. The lowest BCUT2D eigenvalue weighted by Gasteiger charge is -2.36. The van der Waals surface area contributed by atoms with Crippen molar-refractivity contribution in [2.45, 2.75) is 63.1 Å². The molecule has 2 N–H and O–H groups in total. The average Bonchev–Trinajstić information content (AvgIpc) is 2.83. The first-order chi connectivity index (χ1) is 9.45. The number of ether oxygens (including phenoxy) is 1. The summed E-state index contributed by atoms with van der Waals surface area (Å²) < 4.78 is 5.20. The Morgan fingerprint density at radius 2 is 1.95 bits per heavy atom. The molecule has 2 aliphatic rings. The Bertz CT molecular complexity index is 379. The van der Waals surface area contributed by atoms with Gasteiger partial charge in [-0.05, 0) is 19.8 Å². The number of hydrogen-bond donors (Lipinski definition) is 2. The number of likely N-dealkylation sites (tertiary alicyclic amines) is 1. The van der Waals surface area contributed by atoms with Crippen molar-refractivity contribution in [2.24, 2.45) is 0 Å². The smallest absolute Gasteiger partial charge is 0.326 e. The fraction of sp³-hybridized carbons (Fsp3) is 0.857. The Balaban J connectivity index is 2.01. The number of hydrogen-bond acceptors (Lipinski definition) is 3. The number of nitrogens with zero attached hydrogens (tertiary/aromatic N) is 1. The zero-order valence-corrected chi connectivity index (χ0v) is 12.2. The highest BCUT2D eigenvalue weighted by Crippen LogP contribution is 2.28. The number of methoxy groups -OCH3 is 1. The number of nitrogens with one attached hydrogen (secondary N) is 1. The Morgan fingerprint density at radius 1 is 1.30 bits per heavy atom. The van der Waals surface area contributed by atoms with E-state index in [4.69, 9.17) is 4.74 Å². The topological polar surface area (TPSA) is 78.9 Å². The van der Waals surface area contributed by atoms with Gasteiger partial charge in [-0.1, -0.05) is 19.3 Å². The van der Waals surface area contributed by atoms with Gasteiger partial charge in [-0.15, -0.1) is 0 Å². The Hall–Kier alpha value is -1.30. The summed E-state index contributed by atoms with van der Waals surface area (Å²) >= 11 is 0. The van der Waals surface area contributed by atoms with Crippen LogP contribution in [0, 0.1) is 0 Å². The van der Waals surface area contributed by atoms with E-state index in [0.29, 0.717) is 13.0 Å². The van der Waals surface area contributed by atoms with Crippen LogP contribution in [0.4, 0.5) is 4.79 Å². The lowest BCUT2D eigenvalue weighted by molar-refractivity contribution is -0.141. The molecule has 0 aromatic rings. The van der Waals surface area contributed by atoms with Crippen LogP contribution in [0.2, 0.25) is 0 Å². The fourth-order valence-electron chi connectivity index (χ4n) is 3.21. The molecular formula is C14H24N2O4. The third-order valence-corrected chi connectivity index (χ3v) is 4.51. The number of carboxylic acids is 1. The van der Waals surface area contributed by atoms with Gasteiger partial charge in [-0.3, -0.25) is 0 Å². The van der Waals surface area contributed by atoms with Crippen molar-refractivity contribution in [3.8, 4) is 0 Å². The molecule has 2 rings (SSSR count). The van der Waals surface area contributed by atoms with Crippen LogP contribution in [0.1, 0.15) is 45.4 Å². The molecule has 1 saturated heterocycles. The molecule has 114 valence electrons. The number of rotatable bonds is 3. The van der Waals surface area contributed by atoms with Gasteiger partial charge < -0.3 is 20.1 Å². The molecule has 6 nitrogen and oxygen atoms in total. The van der Waals surface area contributed by atoms with E-state index in [0.717, 1.165) is 25.7 Å². The quantitative estimate of drug-likeness (QED) is 0.825. The van der Waals surface area contributed by atoms with Crippen LogP contribution in [0.15, 0.2) is 0 Å². The lowest BCUT2D eigenvalue weighted by atomic mass is 9.83. The minimum atomic E-state index is -0.964. The van der Waals surface area contributed by atoms with Crippen molar-refractivity contribution < 1.29 is 19.4 Å². The average molecular weight is 284 g/mol. The van der Waals surface area contributed by atoms with Crippen molar-refractivity contribution in [3.05, 3.63) is 0 Å². The molecule has 1 saturated carbocycles. The number of urea groups is 1. The van der Waals surface area contributed by atoms with E-state index in [-0.39, 0.29) is 17.7 Å². The largest absolute Gasteiger partial charge is 0.480 e. The Morgan fingerprint density at radius 3 is 2.50 bits per heavy atom. The monoisotopic (exact) mass is 284 g/mol. The molecule has 0 radical (unpaired) electrons. The van der Waals surface area contributed by atoms with E-state index >= 15 is 0 Å². The second-order valence-electron chi connectivity index (χ2n) is 6.15. The Labute approximate surface area is 119 Å². The molecule has 2 unspecified atom stereocenters. The molecular weight excluding hydrogens is 260 g/mol. The van der Waals surface area contributed by atoms with E-state index in [9.17, 15) is 14.7 Å². The predicted octanol–water partition coefficient (Wildman–Crippen LogP) is 1.59. The van der Waals surface area contributed by atoms with E-state index in [1.54, 1.807) is 7.11 Å². The first-order valence-corrected chi connectivity index (χ1v) is 7.29. The molecule has 20 heavy (non-hydrogen) atoms. The third-order valence-electron chi connectivity index (χ3n) is 4.51. The maximum absolute atomic E-state index is 12.4. The Kier molecular flexibility index (Phi) is 4.52. The summed E-state index contributed by atoms with van der Waals surface area (Å²) in [5.74, 6) is -0.964. The van der Waals surface area contributed by atoms with E-state index in [1.165, 1.54) is 11.3 Å². The van der Waals surface area contributed by atoms with Crippen molar-refractivity contribution in [3.63, 3.8) is 0 Å². The molecule has 0 bridgehead atoms. The third kappa shape index (κ3) is 3.23. The molecule has 0 spiro atoms. The number of carboxylic acid groups (broad SMARTS) is 1. The van der Waals surface area contributed by atoms with Gasteiger partial charge in [0, 0.05) is 25.6 Å². The van der Waals surface area contributed by atoms with Crippen LogP contribution in [0.25, 0.3) is 0 Å². The minimum Gasteiger partial charge on any atom is -0.480 e. The van der Waals surface area contributed by atoms with Gasteiger partial charge in [-0.25, -0.2) is 9.59 Å². The summed E-state index contributed by atoms with van der Waals surface area (Å²) in [6.45, 7) is 2.39. The van der Waals surface area contributed by atoms with Crippen molar-refractivity contribution >= 4 is 12.0 Å². The summed E-state index contributed by atoms with van der Waals surface area (Å²) in [4.78, 5) is 25.1. The van der Waals surface area contributed by atoms with Gasteiger partial charge >= 0.3 is 12.0 Å². The van der Waals surface area contributed by atoms with Crippen LogP contribution in [0.3, 0.4) is 0 Å². The molecule has 6 heteroatoms.